The van der Waals surface area contributed by atoms with Gasteiger partial charge in [-0.1, -0.05) is 42.5 Å². The number of rotatable bonds is 6. The Morgan fingerprint density at radius 2 is 1.72 bits per heavy atom. The van der Waals surface area contributed by atoms with Crippen molar-refractivity contribution >= 4 is 16.7 Å². The summed E-state index contributed by atoms with van der Waals surface area (Å²) in [4.78, 5) is 13.0. The lowest BCUT2D eigenvalue weighted by Crippen LogP contribution is -2.22. The molecule has 1 heterocycles. The molecule has 0 bridgehead atoms. The quantitative estimate of drug-likeness (QED) is 0.733. The van der Waals surface area contributed by atoms with E-state index in [-0.39, 0.29) is 17.4 Å². The Balaban J connectivity index is 1.60. The van der Waals surface area contributed by atoms with E-state index in [1.54, 1.807) is 12.1 Å². The first-order valence-electron chi connectivity index (χ1n) is 7.98. The number of furan rings is 1. The molecule has 5 heteroatoms. The first kappa shape index (κ1) is 17.2. The van der Waals surface area contributed by atoms with E-state index in [1.807, 2.05) is 61.5 Å². The molecule has 0 spiro atoms. The molecule has 3 rings (SSSR count). The predicted octanol–water partition coefficient (Wildman–Crippen LogP) is 3.83. The maximum absolute atomic E-state index is 12.3. The predicted molar refractivity (Wildman–Crippen MR) is 97.6 cm³/mol. The van der Waals surface area contributed by atoms with Crippen molar-refractivity contribution in [3.05, 3.63) is 89.4 Å². The van der Waals surface area contributed by atoms with Crippen molar-refractivity contribution in [2.24, 2.45) is 0 Å². The van der Waals surface area contributed by atoms with Crippen LogP contribution in [0.15, 0.2) is 76.0 Å². The highest BCUT2D eigenvalue weighted by Crippen LogP contribution is 2.15. The first-order valence-corrected chi connectivity index (χ1v) is 9.30. The van der Waals surface area contributed by atoms with Crippen molar-refractivity contribution in [3.63, 3.8) is 0 Å². The summed E-state index contributed by atoms with van der Waals surface area (Å²) in [5.74, 6) is 0.728. The van der Waals surface area contributed by atoms with E-state index in [2.05, 4.69) is 5.32 Å². The minimum Gasteiger partial charge on any atom is -0.455 e. The van der Waals surface area contributed by atoms with Crippen LogP contribution in [0.1, 0.15) is 27.4 Å². The molecule has 4 nitrogen and oxygen atoms in total. The van der Waals surface area contributed by atoms with E-state index in [1.165, 1.54) is 0 Å². The van der Waals surface area contributed by atoms with E-state index in [0.717, 1.165) is 16.0 Å². The van der Waals surface area contributed by atoms with E-state index >= 15 is 0 Å². The van der Waals surface area contributed by atoms with Gasteiger partial charge in [0.1, 0.15) is 5.76 Å². The van der Waals surface area contributed by atoms with Crippen LogP contribution in [0.5, 0.6) is 0 Å². The zero-order chi connectivity index (χ0) is 17.6. The number of hydrogen-bond donors (Lipinski definition) is 1. The average Bonchev–Trinajstić information content (AvgIpc) is 3.10. The van der Waals surface area contributed by atoms with Gasteiger partial charge in [-0.3, -0.25) is 9.00 Å². The van der Waals surface area contributed by atoms with Crippen LogP contribution in [-0.2, 0) is 23.1 Å². The SMILES string of the molecule is Cc1ccccc1CNC(=O)c1ccc(C[S@](=O)c2ccccc2)o1. The molecule has 0 radical (unpaired) electrons. The summed E-state index contributed by atoms with van der Waals surface area (Å²) in [6.07, 6.45) is 0. The van der Waals surface area contributed by atoms with Crippen molar-refractivity contribution < 1.29 is 13.4 Å². The summed E-state index contributed by atoms with van der Waals surface area (Å²) in [7, 11) is -1.20. The largest absolute Gasteiger partial charge is 0.455 e. The highest BCUT2D eigenvalue weighted by Gasteiger charge is 2.13. The van der Waals surface area contributed by atoms with E-state index < -0.39 is 10.8 Å². The number of carbonyl (C=O) groups excluding carboxylic acids is 1. The summed E-state index contributed by atoms with van der Waals surface area (Å²) >= 11 is 0. The van der Waals surface area contributed by atoms with Gasteiger partial charge in [-0.15, -0.1) is 0 Å². The summed E-state index contributed by atoms with van der Waals surface area (Å²) in [5.41, 5.74) is 2.19. The number of nitrogens with one attached hydrogen (secondary N) is 1. The van der Waals surface area contributed by atoms with Gasteiger partial charge in [-0.2, -0.15) is 0 Å². The second-order valence-electron chi connectivity index (χ2n) is 5.68. The number of amides is 1. The molecule has 3 aromatic rings. The fourth-order valence-corrected chi connectivity index (χ4v) is 3.47. The minimum atomic E-state index is -1.20. The standard InChI is InChI=1S/C20H19NO3S/c1-15-7-5-6-8-16(15)13-21-20(22)19-12-11-17(24-19)14-25(23)18-9-3-2-4-10-18/h2-12H,13-14H2,1H3,(H,21,22)/t25-/m0/s1. The van der Waals surface area contributed by atoms with Gasteiger partial charge < -0.3 is 9.73 Å². The van der Waals surface area contributed by atoms with E-state index in [4.69, 9.17) is 4.42 Å². The van der Waals surface area contributed by atoms with Gasteiger partial charge in [0.05, 0.1) is 16.6 Å². The molecule has 0 unspecified atom stereocenters. The van der Waals surface area contributed by atoms with Crippen LogP contribution < -0.4 is 5.32 Å². The molecule has 1 atom stereocenters. The molecule has 0 aliphatic rings. The molecule has 1 aromatic heterocycles. The van der Waals surface area contributed by atoms with E-state index in [0.29, 0.717) is 12.3 Å². The second kappa shape index (κ2) is 7.94. The number of benzene rings is 2. The van der Waals surface area contributed by atoms with Crippen molar-refractivity contribution in [1.29, 1.82) is 0 Å². The molecule has 0 saturated heterocycles. The lowest BCUT2D eigenvalue weighted by molar-refractivity contribution is 0.0921. The van der Waals surface area contributed by atoms with Crippen molar-refractivity contribution in [2.45, 2.75) is 24.1 Å². The Kier molecular flexibility index (Phi) is 5.46. The Morgan fingerprint density at radius 1 is 1.00 bits per heavy atom. The minimum absolute atomic E-state index is 0.230. The Hall–Kier alpha value is -2.66. The molecule has 1 N–H and O–H groups in total. The molecule has 2 aromatic carbocycles. The Morgan fingerprint density at radius 3 is 2.48 bits per heavy atom. The molecule has 25 heavy (non-hydrogen) atoms. The zero-order valence-electron chi connectivity index (χ0n) is 13.9. The van der Waals surface area contributed by atoms with Crippen LogP contribution in [-0.4, -0.2) is 10.1 Å². The highest BCUT2D eigenvalue weighted by atomic mass is 32.2. The number of hydrogen-bond acceptors (Lipinski definition) is 3. The molecular formula is C20H19NO3S. The van der Waals surface area contributed by atoms with Crippen molar-refractivity contribution in [3.8, 4) is 0 Å². The lowest BCUT2D eigenvalue weighted by Gasteiger charge is -2.06. The smallest absolute Gasteiger partial charge is 0.287 e. The van der Waals surface area contributed by atoms with Crippen LogP contribution in [0, 0.1) is 6.92 Å². The van der Waals surface area contributed by atoms with Gasteiger partial charge in [-0.05, 0) is 42.3 Å². The fraction of sp³-hybridized carbons (Fsp3) is 0.150. The van der Waals surface area contributed by atoms with Gasteiger partial charge in [0.25, 0.3) is 5.91 Å². The summed E-state index contributed by atoms with van der Waals surface area (Å²) < 4.78 is 17.8. The summed E-state index contributed by atoms with van der Waals surface area (Å²) in [6, 6.07) is 20.4. The van der Waals surface area contributed by atoms with Crippen molar-refractivity contribution in [1.82, 2.24) is 5.32 Å². The molecule has 1 amide bonds. The van der Waals surface area contributed by atoms with Gasteiger partial charge in [0, 0.05) is 11.4 Å². The lowest BCUT2D eigenvalue weighted by atomic mass is 10.1. The Labute approximate surface area is 149 Å². The van der Waals surface area contributed by atoms with Crippen LogP contribution in [0.2, 0.25) is 0 Å². The zero-order valence-corrected chi connectivity index (χ0v) is 14.7. The van der Waals surface area contributed by atoms with Crippen LogP contribution in [0.4, 0.5) is 0 Å². The monoisotopic (exact) mass is 353 g/mol. The molecular weight excluding hydrogens is 334 g/mol. The molecule has 0 aliphatic heterocycles. The number of aryl methyl sites for hydroxylation is 1. The van der Waals surface area contributed by atoms with Gasteiger partial charge in [0.15, 0.2) is 5.76 Å². The van der Waals surface area contributed by atoms with Crippen LogP contribution in [0.3, 0.4) is 0 Å². The average molecular weight is 353 g/mol. The van der Waals surface area contributed by atoms with Crippen LogP contribution >= 0.6 is 0 Å². The Bertz CT molecular complexity index is 887. The second-order valence-corrected chi connectivity index (χ2v) is 7.13. The summed E-state index contributed by atoms with van der Waals surface area (Å²) in [6.45, 7) is 2.45. The first-order chi connectivity index (χ1) is 12.1. The molecule has 0 aliphatic carbocycles. The fourth-order valence-electron chi connectivity index (χ4n) is 2.43. The topological polar surface area (TPSA) is 59.3 Å². The normalized spacial score (nSPS) is 11.9. The van der Waals surface area contributed by atoms with Gasteiger partial charge in [0.2, 0.25) is 0 Å². The van der Waals surface area contributed by atoms with Gasteiger partial charge in [-0.25, -0.2) is 0 Å². The molecule has 128 valence electrons. The van der Waals surface area contributed by atoms with Crippen LogP contribution in [0.25, 0.3) is 0 Å². The molecule has 0 saturated carbocycles. The number of carbonyl (C=O) groups is 1. The van der Waals surface area contributed by atoms with E-state index in [9.17, 15) is 9.00 Å². The maximum Gasteiger partial charge on any atom is 0.287 e. The third kappa shape index (κ3) is 4.45. The summed E-state index contributed by atoms with van der Waals surface area (Å²) in [5, 5.41) is 2.85. The maximum atomic E-state index is 12.3. The third-order valence-corrected chi connectivity index (χ3v) is 5.21. The third-order valence-electron chi connectivity index (χ3n) is 3.87. The highest BCUT2D eigenvalue weighted by molar-refractivity contribution is 7.84. The van der Waals surface area contributed by atoms with Gasteiger partial charge >= 0.3 is 0 Å². The molecule has 0 fully saturated rings. The van der Waals surface area contributed by atoms with Crippen molar-refractivity contribution in [2.75, 3.05) is 0 Å².